The standard InChI is InChI=1S/C15H12Cl2N2O4S2/c16-10-4-5-13(14(17)8-10)15-18(6-7-24-15)25(22,23)12-3-1-2-11(9-12)19(20)21/h1-5,8-9,15H,6-7H2/t15-/m0/s1. The minimum absolute atomic E-state index is 0.112. The number of hydrogen-bond acceptors (Lipinski definition) is 5. The van der Waals surface area contributed by atoms with E-state index in [1.54, 1.807) is 18.2 Å². The van der Waals surface area contributed by atoms with Crippen molar-refractivity contribution in [3.8, 4) is 0 Å². The summed E-state index contributed by atoms with van der Waals surface area (Å²) in [6, 6.07) is 9.95. The molecule has 132 valence electrons. The Bertz CT molecular complexity index is 937. The Hall–Kier alpha value is -1.32. The molecule has 6 nitrogen and oxygen atoms in total. The summed E-state index contributed by atoms with van der Waals surface area (Å²) >= 11 is 13.6. The van der Waals surface area contributed by atoms with Gasteiger partial charge in [-0.05, 0) is 23.8 Å². The number of nitro groups is 1. The van der Waals surface area contributed by atoms with Gasteiger partial charge in [0.1, 0.15) is 0 Å². The number of non-ortho nitro benzene ring substituents is 1. The summed E-state index contributed by atoms with van der Waals surface area (Å²) in [4.78, 5) is 10.2. The molecule has 1 fully saturated rings. The molecule has 0 saturated carbocycles. The maximum atomic E-state index is 13.0. The maximum absolute atomic E-state index is 13.0. The molecule has 1 aliphatic heterocycles. The van der Waals surface area contributed by atoms with Crippen molar-refractivity contribution in [1.82, 2.24) is 4.31 Å². The lowest BCUT2D eigenvalue weighted by molar-refractivity contribution is -0.385. The van der Waals surface area contributed by atoms with Crippen molar-refractivity contribution in [2.75, 3.05) is 12.3 Å². The number of thioether (sulfide) groups is 1. The van der Waals surface area contributed by atoms with Crippen molar-refractivity contribution >= 4 is 50.7 Å². The lowest BCUT2D eigenvalue weighted by atomic mass is 10.2. The first-order valence-electron chi connectivity index (χ1n) is 7.13. The number of halogens is 2. The predicted octanol–water partition coefficient (Wildman–Crippen LogP) is 4.34. The third-order valence-corrected chi connectivity index (χ3v) is 7.51. The topological polar surface area (TPSA) is 80.5 Å². The van der Waals surface area contributed by atoms with Crippen molar-refractivity contribution in [3.05, 3.63) is 68.2 Å². The third-order valence-electron chi connectivity index (χ3n) is 3.71. The normalized spacial score (nSPS) is 18.4. The number of benzene rings is 2. The van der Waals surface area contributed by atoms with E-state index in [4.69, 9.17) is 23.2 Å². The molecule has 0 unspecified atom stereocenters. The fourth-order valence-electron chi connectivity index (χ4n) is 2.54. The molecule has 0 aliphatic carbocycles. The highest BCUT2D eigenvalue weighted by Gasteiger charge is 2.38. The molecular weight excluding hydrogens is 407 g/mol. The molecular formula is C15H12Cl2N2O4S2. The number of sulfonamides is 1. The summed E-state index contributed by atoms with van der Waals surface area (Å²) < 4.78 is 27.3. The quantitative estimate of drug-likeness (QED) is 0.544. The minimum atomic E-state index is -3.90. The first-order chi connectivity index (χ1) is 11.8. The van der Waals surface area contributed by atoms with E-state index in [0.29, 0.717) is 27.9 Å². The third kappa shape index (κ3) is 3.63. The van der Waals surface area contributed by atoms with Gasteiger partial charge in [-0.2, -0.15) is 4.31 Å². The zero-order valence-electron chi connectivity index (χ0n) is 12.6. The van der Waals surface area contributed by atoms with Gasteiger partial charge in [0.05, 0.1) is 15.2 Å². The van der Waals surface area contributed by atoms with E-state index in [2.05, 4.69) is 0 Å². The van der Waals surface area contributed by atoms with Crippen LogP contribution in [0.5, 0.6) is 0 Å². The van der Waals surface area contributed by atoms with Crippen molar-refractivity contribution < 1.29 is 13.3 Å². The highest BCUT2D eigenvalue weighted by molar-refractivity contribution is 8.01. The Labute approximate surface area is 158 Å². The highest BCUT2D eigenvalue weighted by Crippen LogP contribution is 2.44. The van der Waals surface area contributed by atoms with Gasteiger partial charge in [0.25, 0.3) is 5.69 Å². The van der Waals surface area contributed by atoms with Crippen LogP contribution < -0.4 is 0 Å². The van der Waals surface area contributed by atoms with Gasteiger partial charge in [0.2, 0.25) is 10.0 Å². The monoisotopic (exact) mass is 418 g/mol. The van der Waals surface area contributed by atoms with Crippen LogP contribution in [0.3, 0.4) is 0 Å². The van der Waals surface area contributed by atoms with Gasteiger partial charge in [0.15, 0.2) is 0 Å². The summed E-state index contributed by atoms with van der Waals surface area (Å²) in [5.41, 5.74) is 0.372. The van der Waals surface area contributed by atoms with E-state index in [9.17, 15) is 18.5 Å². The van der Waals surface area contributed by atoms with Crippen LogP contribution in [-0.2, 0) is 10.0 Å². The molecule has 0 radical (unpaired) electrons. The Morgan fingerprint density at radius 2 is 1.96 bits per heavy atom. The Morgan fingerprint density at radius 3 is 2.64 bits per heavy atom. The van der Waals surface area contributed by atoms with Gasteiger partial charge in [0, 0.05) is 34.5 Å². The molecule has 10 heteroatoms. The Morgan fingerprint density at radius 1 is 1.20 bits per heavy atom. The first kappa shape index (κ1) is 18.5. The lowest BCUT2D eigenvalue weighted by Crippen LogP contribution is -2.30. The van der Waals surface area contributed by atoms with E-state index in [1.165, 1.54) is 34.3 Å². The highest BCUT2D eigenvalue weighted by atomic mass is 35.5. The molecule has 0 aromatic heterocycles. The molecule has 1 aliphatic rings. The SMILES string of the molecule is O=[N+]([O-])c1cccc(S(=O)(=O)N2CCS[C@H]2c2ccc(Cl)cc2Cl)c1. The minimum Gasteiger partial charge on any atom is -0.258 e. The van der Waals surface area contributed by atoms with E-state index in [-0.39, 0.29) is 10.6 Å². The fourth-order valence-corrected chi connectivity index (χ4v) is 6.43. The number of nitrogens with zero attached hydrogens (tertiary/aromatic N) is 2. The second-order valence-electron chi connectivity index (χ2n) is 5.26. The van der Waals surface area contributed by atoms with Crippen LogP contribution in [0.1, 0.15) is 10.9 Å². The van der Waals surface area contributed by atoms with E-state index < -0.39 is 20.3 Å². The predicted molar refractivity (Wildman–Crippen MR) is 98.6 cm³/mol. The molecule has 25 heavy (non-hydrogen) atoms. The molecule has 1 heterocycles. The van der Waals surface area contributed by atoms with E-state index in [1.807, 2.05) is 0 Å². The van der Waals surface area contributed by atoms with Gasteiger partial charge < -0.3 is 0 Å². The van der Waals surface area contributed by atoms with Crippen molar-refractivity contribution in [3.63, 3.8) is 0 Å². The van der Waals surface area contributed by atoms with Gasteiger partial charge in [-0.25, -0.2) is 8.42 Å². The molecule has 1 saturated heterocycles. The average Bonchev–Trinajstić information content (AvgIpc) is 3.05. The Balaban J connectivity index is 2.01. The van der Waals surface area contributed by atoms with Crippen LogP contribution in [-0.4, -0.2) is 29.9 Å². The number of hydrogen-bond donors (Lipinski definition) is 0. The molecule has 1 atom stereocenters. The summed E-state index contributed by atoms with van der Waals surface area (Å²) in [7, 11) is -3.90. The lowest BCUT2D eigenvalue weighted by Gasteiger charge is -2.24. The molecule has 0 amide bonds. The average molecular weight is 419 g/mol. The summed E-state index contributed by atoms with van der Waals surface area (Å²) in [5.74, 6) is 0.595. The number of rotatable bonds is 4. The summed E-state index contributed by atoms with van der Waals surface area (Å²) in [6.07, 6.45) is 0. The smallest absolute Gasteiger partial charge is 0.258 e. The van der Waals surface area contributed by atoms with Crippen molar-refractivity contribution in [2.24, 2.45) is 0 Å². The molecule has 2 aromatic carbocycles. The van der Waals surface area contributed by atoms with E-state index in [0.717, 1.165) is 6.07 Å². The van der Waals surface area contributed by atoms with Crippen LogP contribution in [0.25, 0.3) is 0 Å². The zero-order chi connectivity index (χ0) is 18.2. The molecule has 0 N–H and O–H groups in total. The van der Waals surface area contributed by atoms with Crippen LogP contribution in [0.2, 0.25) is 10.0 Å². The van der Waals surface area contributed by atoms with Crippen LogP contribution in [0.15, 0.2) is 47.4 Å². The van der Waals surface area contributed by atoms with Crippen LogP contribution in [0, 0.1) is 10.1 Å². The maximum Gasteiger partial charge on any atom is 0.270 e. The van der Waals surface area contributed by atoms with Crippen molar-refractivity contribution in [2.45, 2.75) is 10.3 Å². The van der Waals surface area contributed by atoms with E-state index >= 15 is 0 Å². The van der Waals surface area contributed by atoms with Gasteiger partial charge >= 0.3 is 0 Å². The van der Waals surface area contributed by atoms with Crippen LogP contribution >= 0.6 is 35.0 Å². The molecule has 2 aromatic rings. The van der Waals surface area contributed by atoms with Gasteiger partial charge in [-0.3, -0.25) is 10.1 Å². The number of nitro benzene ring substituents is 1. The largest absolute Gasteiger partial charge is 0.270 e. The zero-order valence-corrected chi connectivity index (χ0v) is 15.8. The second kappa shape index (κ2) is 7.13. The van der Waals surface area contributed by atoms with Crippen LogP contribution in [0.4, 0.5) is 5.69 Å². The van der Waals surface area contributed by atoms with Crippen molar-refractivity contribution in [1.29, 1.82) is 0 Å². The second-order valence-corrected chi connectivity index (χ2v) is 9.18. The van der Waals surface area contributed by atoms with Gasteiger partial charge in [-0.1, -0.05) is 35.3 Å². The fraction of sp³-hybridized carbons (Fsp3) is 0.200. The molecule has 0 spiro atoms. The molecule has 0 bridgehead atoms. The summed E-state index contributed by atoms with van der Waals surface area (Å²) in [5, 5.41) is 11.3. The molecule has 3 rings (SSSR count). The summed E-state index contributed by atoms with van der Waals surface area (Å²) in [6.45, 7) is 0.291. The van der Waals surface area contributed by atoms with Gasteiger partial charge in [-0.15, -0.1) is 11.8 Å². The Kier molecular flexibility index (Phi) is 5.26. The first-order valence-corrected chi connectivity index (χ1v) is 10.4.